The Hall–Kier alpha value is -1.07. The number of nitrogens with one attached hydrogen (secondary N) is 1. The summed E-state index contributed by atoms with van der Waals surface area (Å²) in [5.74, 6) is 0. The van der Waals surface area contributed by atoms with E-state index in [4.69, 9.17) is 5.73 Å². The van der Waals surface area contributed by atoms with Gasteiger partial charge in [0.25, 0.3) is 0 Å². The van der Waals surface area contributed by atoms with Crippen molar-refractivity contribution in [2.24, 2.45) is 5.41 Å². The Kier molecular flexibility index (Phi) is 3.14. The van der Waals surface area contributed by atoms with Gasteiger partial charge in [0.05, 0.1) is 4.90 Å². The first-order valence-corrected chi connectivity index (χ1v) is 7.25. The summed E-state index contributed by atoms with van der Waals surface area (Å²) < 4.78 is 26.6. The van der Waals surface area contributed by atoms with Crippen LogP contribution in [0.25, 0.3) is 0 Å². The highest BCUT2D eigenvalue weighted by Crippen LogP contribution is 2.39. The predicted octanol–water partition coefficient (Wildman–Crippen LogP) is 1.74. The van der Waals surface area contributed by atoms with Crippen LogP contribution < -0.4 is 10.5 Å². The molecule has 0 amide bonds. The summed E-state index contributed by atoms with van der Waals surface area (Å²) in [4.78, 5) is 0.273. The van der Waals surface area contributed by atoms with E-state index in [2.05, 4.69) is 11.6 Å². The predicted molar refractivity (Wildman–Crippen MR) is 68.0 cm³/mol. The fraction of sp³-hybridized carbons (Fsp3) is 0.500. The first-order valence-electron chi connectivity index (χ1n) is 5.77. The molecule has 0 unspecified atom stereocenters. The van der Waals surface area contributed by atoms with Crippen LogP contribution in [0.4, 0.5) is 5.69 Å². The van der Waals surface area contributed by atoms with Gasteiger partial charge in [-0.15, -0.1) is 0 Å². The number of hydrogen-bond donors (Lipinski definition) is 2. The van der Waals surface area contributed by atoms with Gasteiger partial charge in [-0.1, -0.05) is 13.3 Å². The Balaban J connectivity index is 2.06. The van der Waals surface area contributed by atoms with Crippen LogP contribution >= 0.6 is 0 Å². The Morgan fingerprint density at radius 2 is 1.88 bits per heavy atom. The van der Waals surface area contributed by atoms with Crippen LogP contribution in [0.3, 0.4) is 0 Å². The molecule has 0 aliphatic heterocycles. The molecule has 2 rings (SSSR count). The minimum Gasteiger partial charge on any atom is -0.399 e. The van der Waals surface area contributed by atoms with Gasteiger partial charge < -0.3 is 5.73 Å². The molecule has 1 fully saturated rings. The van der Waals surface area contributed by atoms with Gasteiger partial charge in [-0.2, -0.15) is 0 Å². The number of hydrogen-bond acceptors (Lipinski definition) is 3. The maximum atomic E-state index is 12.0. The van der Waals surface area contributed by atoms with E-state index in [0.717, 1.165) is 12.8 Å². The largest absolute Gasteiger partial charge is 0.399 e. The standard InChI is InChI=1S/C12H18N2O2S/c1-12(7-2-8-12)9-14-17(15,16)11-5-3-10(13)4-6-11/h3-6,14H,2,7-9,13H2,1H3. The topological polar surface area (TPSA) is 72.2 Å². The van der Waals surface area contributed by atoms with E-state index >= 15 is 0 Å². The molecular weight excluding hydrogens is 236 g/mol. The second-order valence-corrected chi connectivity index (χ2v) is 6.82. The molecule has 94 valence electrons. The maximum Gasteiger partial charge on any atom is 0.240 e. The highest BCUT2D eigenvalue weighted by molar-refractivity contribution is 7.89. The minimum atomic E-state index is -3.39. The Labute approximate surface area is 102 Å². The molecule has 5 heteroatoms. The van der Waals surface area contributed by atoms with Crippen LogP contribution in [0.1, 0.15) is 26.2 Å². The molecule has 0 aromatic heterocycles. The number of benzene rings is 1. The van der Waals surface area contributed by atoms with Crippen molar-refractivity contribution in [3.8, 4) is 0 Å². The molecule has 3 N–H and O–H groups in total. The second-order valence-electron chi connectivity index (χ2n) is 5.06. The van der Waals surface area contributed by atoms with Crippen LogP contribution in [0.2, 0.25) is 0 Å². The summed E-state index contributed by atoms with van der Waals surface area (Å²) in [6.45, 7) is 2.63. The van der Waals surface area contributed by atoms with Crippen molar-refractivity contribution >= 4 is 15.7 Å². The lowest BCUT2D eigenvalue weighted by atomic mass is 9.71. The van der Waals surface area contributed by atoms with Gasteiger partial charge in [-0.3, -0.25) is 0 Å². The third-order valence-electron chi connectivity index (χ3n) is 3.44. The molecular formula is C12H18N2O2S. The lowest BCUT2D eigenvalue weighted by Crippen LogP contribution is -2.39. The number of anilines is 1. The summed E-state index contributed by atoms with van der Waals surface area (Å²) in [6.07, 6.45) is 3.38. The highest BCUT2D eigenvalue weighted by Gasteiger charge is 2.32. The third kappa shape index (κ3) is 2.79. The van der Waals surface area contributed by atoms with Crippen molar-refractivity contribution in [2.45, 2.75) is 31.1 Å². The van der Waals surface area contributed by atoms with Gasteiger partial charge in [0.15, 0.2) is 0 Å². The Morgan fingerprint density at radius 1 is 1.29 bits per heavy atom. The average Bonchev–Trinajstić information content (AvgIpc) is 2.24. The second kappa shape index (κ2) is 4.31. The maximum absolute atomic E-state index is 12.0. The lowest BCUT2D eigenvalue weighted by molar-refractivity contribution is 0.166. The van der Waals surface area contributed by atoms with E-state index in [1.54, 1.807) is 12.1 Å². The number of nitrogens with two attached hydrogens (primary N) is 1. The van der Waals surface area contributed by atoms with E-state index in [1.165, 1.54) is 18.6 Å². The van der Waals surface area contributed by atoms with Crippen molar-refractivity contribution in [1.82, 2.24) is 4.72 Å². The molecule has 1 aromatic rings. The molecule has 4 nitrogen and oxygen atoms in total. The molecule has 0 atom stereocenters. The first-order chi connectivity index (χ1) is 7.91. The van der Waals surface area contributed by atoms with Crippen molar-refractivity contribution < 1.29 is 8.42 Å². The van der Waals surface area contributed by atoms with Gasteiger partial charge >= 0.3 is 0 Å². The van der Waals surface area contributed by atoms with E-state index in [0.29, 0.717) is 12.2 Å². The van der Waals surface area contributed by atoms with Gasteiger partial charge in [0, 0.05) is 12.2 Å². The van der Waals surface area contributed by atoms with Crippen molar-refractivity contribution in [3.63, 3.8) is 0 Å². The minimum absolute atomic E-state index is 0.140. The monoisotopic (exact) mass is 254 g/mol. The average molecular weight is 254 g/mol. The molecule has 0 radical (unpaired) electrons. The zero-order valence-electron chi connectivity index (χ0n) is 9.94. The van der Waals surface area contributed by atoms with Crippen LogP contribution in [-0.4, -0.2) is 15.0 Å². The molecule has 0 saturated heterocycles. The fourth-order valence-corrected chi connectivity index (χ4v) is 3.16. The molecule has 17 heavy (non-hydrogen) atoms. The quantitative estimate of drug-likeness (QED) is 0.804. The number of nitrogen functional groups attached to an aromatic ring is 1. The first kappa shape index (κ1) is 12.4. The Bertz CT molecular complexity index is 490. The third-order valence-corrected chi connectivity index (χ3v) is 4.86. The molecule has 1 aliphatic rings. The van der Waals surface area contributed by atoms with Crippen LogP contribution in [0.15, 0.2) is 29.2 Å². The van der Waals surface area contributed by atoms with E-state index in [1.807, 2.05) is 0 Å². The van der Waals surface area contributed by atoms with Gasteiger partial charge in [0.1, 0.15) is 0 Å². The zero-order chi connectivity index (χ0) is 12.5. The zero-order valence-corrected chi connectivity index (χ0v) is 10.8. The molecule has 1 saturated carbocycles. The SMILES string of the molecule is CC1(CNS(=O)(=O)c2ccc(N)cc2)CCC1. The molecule has 0 spiro atoms. The molecule has 0 heterocycles. The summed E-state index contributed by atoms with van der Waals surface area (Å²) in [5, 5.41) is 0. The highest BCUT2D eigenvalue weighted by atomic mass is 32.2. The normalized spacial score (nSPS) is 18.6. The van der Waals surface area contributed by atoms with E-state index in [-0.39, 0.29) is 10.3 Å². The number of sulfonamides is 1. The summed E-state index contributed by atoms with van der Waals surface area (Å²) in [5.41, 5.74) is 6.23. The van der Waals surface area contributed by atoms with E-state index < -0.39 is 10.0 Å². The molecule has 1 aliphatic carbocycles. The summed E-state index contributed by atoms with van der Waals surface area (Å²) in [7, 11) is -3.39. The summed E-state index contributed by atoms with van der Waals surface area (Å²) in [6, 6.07) is 6.25. The van der Waals surface area contributed by atoms with Crippen molar-refractivity contribution in [2.75, 3.05) is 12.3 Å². The number of rotatable bonds is 4. The van der Waals surface area contributed by atoms with Gasteiger partial charge in [0.2, 0.25) is 10.0 Å². The van der Waals surface area contributed by atoms with E-state index in [9.17, 15) is 8.42 Å². The Morgan fingerprint density at radius 3 is 2.35 bits per heavy atom. The van der Waals surface area contributed by atoms with Crippen molar-refractivity contribution in [3.05, 3.63) is 24.3 Å². The molecule has 1 aromatic carbocycles. The smallest absolute Gasteiger partial charge is 0.240 e. The van der Waals surface area contributed by atoms with Crippen molar-refractivity contribution in [1.29, 1.82) is 0 Å². The van der Waals surface area contributed by atoms with Crippen LogP contribution in [0.5, 0.6) is 0 Å². The molecule has 0 bridgehead atoms. The van der Waals surface area contributed by atoms with Crippen LogP contribution in [-0.2, 0) is 10.0 Å². The van der Waals surface area contributed by atoms with Crippen LogP contribution in [0, 0.1) is 5.41 Å². The summed E-state index contributed by atoms with van der Waals surface area (Å²) >= 11 is 0. The lowest BCUT2D eigenvalue weighted by Gasteiger charge is -2.38. The fourth-order valence-electron chi connectivity index (χ4n) is 1.96. The van der Waals surface area contributed by atoms with Gasteiger partial charge in [-0.25, -0.2) is 13.1 Å². The van der Waals surface area contributed by atoms with Gasteiger partial charge in [-0.05, 0) is 42.5 Å².